The second kappa shape index (κ2) is 13.6. The Labute approximate surface area is 242 Å². The molecule has 6 N–H and O–H groups in total. The lowest BCUT2D eigenvalue weighted by Crippen LogP contribution is -2.44. The maximum Gasteiger partial charge on any atom is 0.243 e. The molecule has 0 radical (unpaired) electrons. The lowest BCUT2D eigenvalue weighted by molar-refractivity contribution is -0.131. The third kappa shape index (κ3) is 8.05. The molecule has 10 heteroatoms. The molecule has 1 aromatic heterocycles. The summed E-state index contributed by atoms with van der Waals surface area (Å²) in [5.41, 5.74) is 12.0. The fraction of sp³-hybridized carbons (Fsp3) is 0.567. The number of benzene rings is 1. The number of β-amino-alcohol motifs (C(OH)–C–C–N with tert-alkyl or cyclic N) is 1. The van der Waals surface area contributed by atoms with Crippen LogP contribution in [-0.4, -0.2) is 57.0 Å². The minimum absolute atomic E-state index is 0.185. The summed E-state index contributed by atoms with van der Waals surface area (Å²) >= 11 is 1.60. The van der Waals surface area contributed by atoms with Crippen LogP contribution in [0.2, 0.25) is 0 Å². The molecule has 2 amide bonds. The highest BCUT2D eigenvalue weighted by molar-refractivity contribution is 7.13. The van der Waals surface area contributed by atoms with Crippen LogP contribution >= 0.6 is 11.3 Å². The topological polar surface area (TPSA) is 138 Å². The number of hydrogen-bond acceptors (Lipinski definition) is 8. The number of aliphatic hydroxyl groups excluding tert-OH is 1. The fourth-order valence-electron chi connectivity index (χ4n) is 4.61. The number of aryl methyl sites for hydroxylation is 1. The van der Waals surface area contributed by atoms with Gasteiger partial charge in [-0.1, -0.05) is 45.0 Å². The van der Waals surface area contributed by atoms with Crippen molar-refractivity contribution in [3.05, 3.63) is 52.9 Å². The molecular weight excluding hydrogens is 524 g/mol. The third-order valence-corrected chi connectivity index (χ3v) is 9.35. The van der Waals surface area contributed by atoms with Crippen LogP contribution in [0.1, 0.15) is 77.6 Å². The van der Waals surface area contributed by atoms with Crippen molar-refractivity contribution >= 4 is 23.7 Å². The number of rotatable bonds is 10. The smallest absolute Gasteiger partial charge is 0.243 e. The standard InChI is InChI=1S/C18H21N3O3S.C12H25N3/c1-11(20-18(24)16-7-15(23)8-21(16)10-22)13-3-5-14(6-4-13)17-12(2)19-9-25-17;1-5-12(3,4)9(2)15(14)8-11(13)10-6-7-10/h3-6,9-11,15-16,23H,7-8H2,1-2H3,(H,20,24);8-10H,5-7,13-14H2,1-4H3/b;11-8-. The van der Waals surface area contributed by atoms with Crippen LogP contribution < -0.4 is 16.9 Å². The van der Waals surface area contributed by atoms with Gasteiger partial charge in [-0.05, 0) is 56.6 Å². The molecule has 1 aliphatic heterocycles. The van der Waals surface area contributed by atoms with Crippen molar-refractivity contribution in [2.75, 3.05) is 6.54 Å². The van der Waals surface area contributed by atoms with E-state index in [1.54, 1.807) is 16.3 Å². The number of thiazole rings is 1. The first-order valence-corrected chi connectivity index (χ1v) is 15.0. The molecule has 2 aromatic rings. The molecule has 1 saturated carbocycles. The van der Waals surface area contributed by atoms with Gasteiger partial charge in [0.05, 0.1) is 28.2 Å². The molecule has 0 spiro atoms. The first kappa shape index (κ1) is 31.6. The molecule has 4 rings (SSSR count). The van der Waals surface area contributed by atoms with E-state index >= 15 is 0 Å². The van der Waals surface area contributed by atoms with Crippen LogP contribution in [0.5, 0.6) is 0 Å². The number of aromatic nitrogens is 1. The van der Waals surface area contributed by atoms with Crippen molar-refractivity contribution in [2.24, 2.45) is 22.9 Å². The maximum absolute atomic E-state index is 12.4. The number of allylic oxidation sites excluding steroid dienone is 1. The van der Waals surface area contributed by atoms with Crippen LogP contribution in [0.3, 0.4) is 0 Å². The molecule has 9 nitrogen and oxygen atoms in total. The van der Waals surface area contributed by atoms with Gasteiger partial charge in [-0.25, -0.2) is 10.8 Å². The Morgan fingerprint density at radius 3 is 2.48 bits per heavy atom. The normalized spacial score (nSPS) is 20.8. The quantitative estimate of drug-likeness (QED) is 0.192. The summed E-state index contributed by atoms with van der Waals surface area (Å²) in [6.07, 6.45) is 5.73. The number of nitrogens with zero attached hydrogens (tertiary/aromatic N) is 3. The number of aliphatic hydroxyl groups is 1. The van der Waals surface area contributed by atoms with Gasteiger partial charge in [0.15, 0.2) is 0 Å². The second-order valence-corrected chi connectivity index (χ2v) is 12.6. The van der Waals surface area contributed by atoms with Gasteiger partial charge >= 0.3 is 0 Å². The molecule has 1 aliphatic carbocycles. The van der Waals surface area contributed by atoms with E-state index in [0.29, 0.717) is 18.4 Å². The molecule has 220 valence electrons. The predicted molar refractivity (Wildman–Crippen MR) is 161 cm³/mol. The number of hydrazine groups is 1. The number of carbonyl (C=O) groups is 2. The van der Waals surface area contributed by atoms with E-state index in [2.05, 4.69) is 38.0 Å². The van der Waals surface area contributed by atoms with E-state index in [0.717, 1.165) is 33.8 Å². The number of nitrogens with one attached hydrogen (secondary N) is 1. The van der Waals surface area contributed by atoms with E-state index < -0.39 is 12.1 Å². The van der Waals surface area contributed by atoms with Gasteiger partial charge in [0, 0.05) is 36.8 Å². The summed E-state index contributed by atoms with van der Waals surface area (Å²) in [4.78, 5) is 30.2. The van der Waals surface area contributed by atoms with Crippen molar-refractivity contribution in [2.45, 2.75) is 91.5 Å². The molecule has 1 saturated heterocycles. The van der Waals surface area contributed by atoms with Gasteiger partial charge in [0.25, 0.3) is 0 Å². The predicted octanol–water partition coefficient (Wildman–Crippen LogP) is 4.08. The first-order chi connectivity index (χ1) is 18.9. The number of amides is 2. The average molecular weight is 571 g/mol. The highest BCUT2D eigenvalue weighted by Gasteiger charge is 2.35. The summed E-state index contributed by atoms with van der Waals surface area (Å²) in [5, 5.41) is 14.4. The summed E-state index contributed by atoms with van der Waals surface area (Å²) in [6.45, 7) is 12.9. The lowest BCUT2D eigenvalue weighted by atomic mass is 9.82. The third-order valence-electron chi connectivity index (χ3n) is 8.37. The molecule has 2 aliphatic rings. The summed E-state index contributed by atoms with van der Waals surface area (Å²) in [5.74, 6) is 6.38. The van der Waals surface area contributed by atoms with Crippen LogP contribution in [0.15, 0.2) is 41.7 Å². The van der Waals surface area contributed by atoms with Crippen molar-refractivity contribution in [3.8, 4) is 10.4 Å². The van der Waals surface area contributed by atoms with E-state index in [-0.39, 0.29) is 30.3 Å². The molecule has 4 atom stereocenters. The van der Waals surface area contributed by atoms with Crippen molar-refractivity contribution in [1.82, 2.24) is 20.2 Å². The fourth-order valence-corrected chi connectivity index (χ4v) is 5.42. The zero-order valence-electron chi connectivity index (χ0n) is 24.6. The number of hydrogen-bond donors (Lipinski definition) is 4. The Bertz CT molecular complexity index is 1160. The summed E-state index contributed by atoms with van der Waals surface area (Å²) in [7, 11) is 0. The van der Waals surface area contributed by atoms with Crippen molar-refractivity contribution in [3.63, 3.8) is 0 Å². The largest absolute Gasteiger partial charge is 0.401 e. The minimum atomic E-state index is -0.641. The SMILES string of the molecule is CCC(C)(C)C(C)N(N)/C=C(\N)C1CC1.Cc1ncsc1-c1ccc(C(C)NC(=O)C2CC(O)CN2C=O)cc1. The average Bonchev–Trinajstić information content (AvgIpc) is 3.59. The highest BCUT2D eigenvalue weighted by atomic mass is 32.1. The van der Waals surface area contributed by atoms with E-state index in [9.17, 15) is 14.7 Å². The lowest BCUT2D eigenvalue weighted by Gasteiger charge is -2.36. The Kier molecular flexibility index (Phi) is 10.7. The van der Waals surface area contributed by atoms with Crippen LogP contribution in [0.4, 0.5) is 0 Å². The Balaban J connectivity index is 0.000000252. The molecule has 0 bridgehead atoms. The van der Waals surface area contributed by atoms with Gasteiger partial charge in [0.1, 0.15) is 6.04 Å². The monoisotopic (exact) mass is 570 g/mol. The Hall–Kier alpha value is -2.95. The molecule has 2 fully saturated rings. The van der Waals surface area contributed by atoms with Gasteiger partial charge in [-0.3, -0.25) is 9.59 Å². The van der Waals surface area contributed by atoms with Gasteiger partial charge in [-0.15, -0.1) is 11.3 Å². The Morgan fingerprint density at radius 2 is 1.95 bits per heavy atom. The zero-order chi connectivity index (χ0) is 29.6. The number of likely N-dealkylation sites (tertiary alicyclic amines) is 1. The van der Waals surface area contributed by atoms with E-state index in [1.807, 2.05) is 49.8 Å². The highest BCUT2D eigenvalue weighted by Crippen LogP contribution is 2.34. The zero-order valence-corrected chi connectivity index (χ0v) is 25.4. The van der Waals surface area contributed by atoms with Crippen LogP contribution in [-0.2, 0) is 9.59 Å². The van der Waals surface area contributed by atoms with Crippen LogP contribution in [0.25, 0.3) is 10.4 Å². The van der Waals surface area contributed by atoms with Gasteiger partial charge in [0.2, 0.25) is 12.3 Å². The molecular formula is C30H46N6O3S. The number of nitrogens with two attached hydrogens (primary N) is 2. The van der Waals surface area contributed by atoms with Gasteiger partial charge < -0.3 is 26.1 Å². The second-order valence-electron chi connectivity index (χ2n) is 11.7. The maximum atomic E-state index is 12.4. The van der Waals surface area contributed by atoms with Crippen LogP contribution in [0, 0.1) is 18.3 Å². The minimum Gasteiger partial charge on any atom is -0.401 e. The molecule has 40 heavy (non-hydrogen) atoms. The molecule has 4 unspecified atom stereocenters. The van der Waals surface area contributed by atoms with Gasteiger partial charge in [-0.2, -0.15) is 0 Å². The van der Waals surface area contributed by atoms with E-state index in [1.165, 1.54) is 17.7 Å². The molecule has 1 aromatic carbocycles. The van der Waals surface area contributed by atoms with Crippen molar-refractivity contribution < 1.29 is 14.7 Å². The summed E-state index contributed by atoms with van der Waals surface area (Å²) in [6, 6.07) is 7.54. The summed E-state index contributed by atoms with van der Waals surface area (Å²) < 4.78 is 0. The number of carbonyl (C=O) groups excluding carboxylic acids is 2. The van der Waals surface area contributed by atoms with Crippen molar-refractivity contribution in [1.29, 1.82) is 0 Å². The Morgan fingerprint density at radius 1 is 1.30 bits per heavy atom. The first-order valence-electron chi connectivity index (χ1n) is 14.1. The molecule has 2 heterocycles. The van der Waals surface area contributed by atoms with E-state index in [4.69, 9.17) is 11.6 Å².